The summed E-state index contributed by atoms with van der Waals surface area (Å²) in [6, 6.07) is 7.79. The van der Waals surface area contributed by atoms with E-state index >= 15 is 0 Å². The van der Waals surface area contributed by atoms with E-state index in [4.69, 9.17) is 4.74 Å². The topological polar surface area (TPSA) is 47.3 Å². The van der Waals surface area contributed by atoms with Crippen LogP contribution in [0.2, 0.25) is 0 Å². The Morgan fingerprint density at radius 3 is 2.27 bits per heavy atom. The van der Waals surface area contributed by atoms with E-state index in [1.54, 1.807) is 7.11 Å². The van der Waals surface area contributed by atoms with Crippen LogP contribution in [0, 0.1) is 0 Å². The normalized spacial score (nSPS) is 10.9. The smallest absolute Gasteiger partial charge is 0.160 e. The van der Waals surface area contributed by atoms with Gasteiger partial charge in [0.2, 0.25) is 0 Å². The Morgan fingerprint density at radius 2 is 1.68 bits per heavy atom. The van der Waals surface area contributed by atoms with Crippen LogP contribution in [-0.4, -0.2) is 22.0 Å². The molecule has 0 saturated heterocycles. The van der Waals surface area contributed by atoms with E-state index in [1.807, 2.05) is 28.9 Å². The summed E-state index contributed by atoms with van der Waals surface area (Å²) >= 11 is 0. The predicted octanol–water partition coefficient (Wildman–Crippen LogP) is 4.27. The van der Waals surface area contributed by atoms with Crippen molar-refractivity contribution in [2.45, 2.75) is 52.4 Å². The van der Waals surface area contributed by atoms with Crippen molar-refractivity contribution in [3.63, 3.8) is 0 Å². The second kappa shape index (κ2) is 7.87. The Labute approximate surface area is 132 Å². The number of unbranched alkanes of at least 4 members (excludes halogenated alkanes) is 2. The van der Waals surface area contributed by atoms with E-state index < -0.39 is 0 Å². The molecule has 1 N–H and O–H groups in total. The highest BCUT2D eigenvalue weighted by molar-refractivity contribution is 5.43. The van der Waals surface area contributed by atoms with Gasteiger partial charge in [-0.25, -0.2) is 4.68 Å². The van der Waals surface area contributed by atoms with Gasteiger partial charge >= 0.3 is 0 Å². The molecule has 0 aliphatic carbocycles. The Bertz CT molecular complexity index is 588. The van der Waals surface area contributed by atoms with Gasteiger partial charge in [0.05, 0.1) is 18.5 Å². The van der Waals surface area contributed by atoms with Crippen molar-refractivity contribution in [2.24, 2.45) is 0 Å². The Kier molecular flexibility index (Phi) is 5.87. The molecule has 1 heterocycles. The molecule has 4 heteroatoms. The van der Waals surface area contributed by atoms with Gasteiger partial charge in [-0.2, -0.15) is 5.10 Å². The molecule has 0 radical (unpaired) electrons. The molecule has 0 spiro atoms. The lowest BCUT2D eigenvalue weighted by Gasteiger charge is -2.08. The summed E-state index contributed by atoms with van der Waals surface area (Å²) in [6.45, 7) is 4.30. The molecule has 22 heavy (non-hydrogen) atoms. The molecule has 4 nitrogen and oxygen atoms in total. The van der Waals surface area contributed by atoms with Gasteiger partial charge in [-0.15, -0.1) is 0 Å². The molecule has 0 aliphatic heterocycles. The van der Waals surface area contributed by atoms with Crippen molar-refractivity contribution in [3.8, 4) is 17.2 Å². The summed E-state index contributed by atoms with van der Waals surface area (Å²) in [6.07, 6.45) is 5.94. The quantitative estimate of drug-likeness (QED) is 0.792. The van der Waals surface area contributed by atoms with E-state index in [9.17, 15) is 5.11 Å². The average Bonchev–Trinajstić information content (AvgIpc) is 2.87. The highest BCUT2D eigenvalue weighted by Crippen LogP contribution is 2.28. The van der Waals surface area contributed by atoms with E-state index in [0.717, 1.165) is 61.3 Å². The molecule has 1 aromatic carbocycles. The van der Waals surface area contributed by atoms with Crippen molar-refractivity contribution in [1.82, 2.24) is 9.78 Å². The number of aromatic hydroxyl groups is 1. The number of nitrogens with zero attached hydrogens (tertiary/aromatic N) is 2. The maximum atomic E-state index is 10.5. The number of hydrogen-bond donors (Lipinski definition) is 1. The number of benzene rings is 1. The molecule has 0 aliphatic rings. The number of ether oxygens (including phenoxy) is 1. The van der Waals surface area contributed by atoms with Gasteiger partial charge < -0.3 is 9.84 Å². The standard InChI is InChI=1S/C18H26N2O2/c1-4-6-8-16-18(21)17(9-7-5-2)20(19-16)14-10-12-15(22-3)13-11-14/h10-13,21H,4-9H2,1-3H3. The number of aryl methyl sites for hydroxylation is 1. The molecule has 1 aromatic heterocycles. The molecule has 2 rings (SSSR count). The third-order valence-corrected chi connectivity index (χ3v) is 3.87. The second-order valence-corrected chi connectivity index (χ2v) is 5.56. The summed E-state index contributed by atoms with van der Waals surface area (Å²) in [5, 5.41) is 15.2. The molecule has 0 atom stereocenters. The fourth-order valence-electron chi connectivity index (χ4n) is 2.51. The monoisotopic (exact) mass is 302 g/mol. The number of methoxy groups -OCH3 is 1. The lowest BCUT2D eigenvalue weighted by molar-refractivity contribution is 0.414. The number of rotatable bonds is 8. The summed E-state index contributed by atoms with van der Waals surface area (Å²) in [7, 11) is 1.66. The summed E-state index contributed by atoms with van der Waals surface area (Å²) in [4.78, 5) is 0. The van der Waals surface area contributed by atoms with Crippen LogP contribution in [0.25, 0.3) is 5.69 Å². The van der Waals surface area contributed by atoms with Crippen molar-refractivity contribution in [2.75, 3.05) is 7.11 Å². The summed E-state index contributed by atoms with van der Waals surface area (Å²) in [5.74, 6) is 1.19. The zero-order valence-corrected chi connectivity index (χ0v) is 13.8. The average molecular weight is 302 g/mol. The van der Waals surface area contributed by atoms with Crippen LogP contribution in [-0.2, 0) is 12.8 Å². The molecule has 0 bridgehead atoms. The van der Waals surface area contributed by atoms with Crippen molar-refractivity contribution < 1.29 is 9.84 Å². The molecule has 120 valence electrons. The van der Waals surface area contributed by atoms with Crippen LogP contribution >= 0.6 is 0 Å². The minimum absolute atomic E-state index is 0.373. The first kappa shape index (κ1) is 16.4. The molecule has 0 saturated carbocycles. The first-order chi connectivity index (χ1) is 10.7. The van der Waals surface area contributed by atoms with Crippen LogP contribution in [0.5, 0.6) is 11.5 Å². The molecular formula is C18H26N2O2. The fourth-order valence-corrected chi connectivity index (χ4v) is 2.51. The highest BCUT2D eigenvalue weighted by atomic mass is 16.5. The fraction of sp³-hybridized carbons (Fsp3) is 0.500. The third-order valence-electron chi connectivity index (χ3n) is 3.87. The molecule has 0 amide bonds. The number of aromatic nitrogens is 2. The maximum Gasteiger partial charge on any atom is 0.160 e. The van der Waals surface area contributed by atoms with Crippen LogP contribution in [0.15, 0.2) is 24.3 Å². The van der Waals surface area contributed by atoms with Crippen LogP contribution in [0.3, 0.4) is 0 Å². The third kappa shape index (κ3) is 3.62. The largest absolute Gasteiger partial charge is 0.504 e. The number of hydrogen-bond acceptors (Lipinski definition) is 3. The van der Waals surface area contributed by atoms with E-state index in [0.29, 0.717) is 5.75 Å². The van der Waals surface area contributed by atoms with Crippen molar-refractivity contribution in [1.29, 1.82) is 0 Å². The lowest BCUT2D eigenvalue weighted by Crippen LogP contribution is -2.02. The zero-order chi connectivity index (χ0) is 15.9. The van der Waals surface area contributed by atoms with Crippen LogP contribution in [0.1, 0.15) is 50.9 Å². The van der Waals surface area contributed by atoms with Gasteiger partial charge in [-0.3, -0.25) is 0 Å². The second-order valence-electron chi connectivity index (χ2n) is 5.56. The van der Waals surface area contributed by atoms with Gasteiger partial charge in [0, 0.05) is 0 Å². The Balaban J connectivity index is 2.37. The van der Waals surface area contributed by atoms with E-state index in [-0.39, 0.29) is 0 Å². The summed E-state index contributed by atoms with van der Waals surface area (Å²) in [5.41, 5.74) is 2.69. The van der Waals surface area contributed by atoms with Crippen molar-refractivity contribution in [3.05, 3.63) is 35.7 Å². The molecular weight excluding hydrogens is 276 g/mol. The van der Waals surface area contributed by atoms with Crippen LogP contribution in [0.4, 0.5) is 0 Å². The minimum Gasteiger partial charge on any atom is -0.504 e. The molecule has 2 aromatic rings. The first-order valence-corrected chi connectivity index (χ1v) is 8.15. The van der Waals surface area contributed by atoms with Crippen LogP contribution < -0.4 is 4.74 Å². The van der Waals surface area contributed by atoms with Gasteiger partial charge in [0.15, 0.2) is 5.75 Å². The lowest BCUT2D eigenvalue weighted by atomic mass is 10.1. The van der Waals surface area contributed by atoms with Gasteiger partial charge in [-0.1, -0.05) is 26.7 Å². The van der Waals surface area contributed by atoms with Gasteiger partial charge in [0.1, 0.15) is 11.4 Å². The SMILES string of the molecule is CCCCc1nn(-c2ccc(OC)cc2)c(CCCC)c1O. The molecule has 0 fully saturated rings. The minimum atomic E-state index is 0.373. The zero-order valence-electron chi connectivity index (χ0n) is 13.8. The predicted molar refractivity (Wildman–Crippen MR) is 89.0 cm³/mol. The van der Waals surface area contributed by atoms with E-state index in [2.05, 4.69) is 18.9 Å². The van der Waals surface area contributed by atoms with Gasteiger partial charge in [-0.05, 0) is 49.9 Å². The van der Waals surface area contributed by atoms with Crippen molar-refractivity contribution >= 4 is 0 Å². The van der Waals surface area contributed by atoms with Gasteiger partial charge in [0.25, 0.3) is 0 Å². The first-order valence-electron chi connectivity index (χ1n) is 8.15. The van der Waals surface area contributed by atoms with E-state index in [1.165, 1.54) is 0 Å². The highest BCUT2D eigenvalue weighted by Gasteiger charge is 2.17. The molecule has 0 unspecified atom stereocenters. The maximum absolute atomic E-state index is 10.5. The Hall–Kier alpha value is -1.97. The Morgan fingerprint density at radius 1 is 1.05 bits per heavy atom. The summed E-state index contributed by atoms with van der Waals surface area (Å²) < 4.78 is 7.09.